The SMILES string of the molecule is COc1cc(NC(=O)c2cc3c(C)nn(-c4ccccc4)c3s2)cc(OC)c1. The van der Waals surface area contributed by atoms with Gasteiger partial charge in [0.15, 0.2) is 0 Å². The molecule has 142 valence electrons. The normalized spacial score (nSPS) is 10.8. The third-order valence-electron chi connectivity index (χ3n) is 4.38. The van der Waals surface area contributed by atoms with Crippen LogP contribution in [0, 0.1) is 6.92 Å². The lowest BCUT2D eigenvalue weighted by molar-refractivity contribution is 0.103. The standard InChI is InChI=1S/C21H19N3O3S/c1-13-18-12-19(28-21(18)24(23-13)15-7-5-4-6-8-15)20(25)22-14-9-16(26-2)11-17(10-14)27-3/h4-12H,1-3H3,(H,22,25). The maximum atomic E-state index is 12.8. The molecular formula is C21H19N3O3S. The summed E-state index contributed by atoms with van der Waals surface area (Å²) in [6.07, 6.45) is 0. The van der Waals surface area contributed by atoms with Crippen LogP contribution in [0.4, 0.5) is 5.69 Å². The molecule has 0 saturated carbocycles. The Morgan fingerprint density at radius 3 is 2.36 bits per heavy atom. The lowest BCUT2D eigenvalue weighted by atomic mass is 10.2. The quantitative estimate of drug-likeness (QED) is 0.535. The van der Waals surface area contributed by atoms with Crippen molar-refractivity contribution >= 4 is 33.1 Å². The Bertz CT molecular complexity index is 1130. The van der Waals surface area contributed by atoms with Gasteiger partial charge < -0.3 is 14.8 Å². The van der Waals surface area contributed by atoms with Crippen molar-refractivity contribution < 1.29 is 14.3 Å². The Labute approximate surface area is 166 Å². The maximum absolute atomic E-state index is 12.8. The minimum Gasteiger partial charge on any atom is -0.497 e. The number of nitrogens with one attached hydrogen (secondary N) is 1. The molecule has 0 aliphatic heterocycles. The molecule has 0 atom stereocenters. The molecule has 2 aromatic carbocycles. The van der Waals surface area contributed by atoms with Crippen LogP contribution in [-0.4, -0.2) is 29.9 Å². The molecule has 0 spiro atoms. The zero-order chi connectivity index (χ0) is 19.7. The van der Waals surface area contributed by atoms with Gasteiger partial charge in [-0.1, -0.05) is 18.2 Å². The second kappa shape index (κ2) is 7.36. The van der Waals surface area contributed by atoms with Gasteiger partial charge in [-0.05, 0) is 25.1 Å². The van der Waals surface area contributed by atoms with Gasteiger partial charge in [0.1, 0.15) is 16.3 Å². The van der Waals surface area contributed by atoms with Gasteiger partial charge >= 0.3 is 0 Å². The molecule has 2 heterocycles. The molecule has 0 fully saturated rings. The molecule has 0 aliphatic carbocycles. The summed E-state index contributed by atoms with van der Waals surface area (Å²) in [6, 6.07) is 17.0. The smallest absolute Gasteiger partial charge is 0.265 e. The number of ether oxygens (including phenoxy) is 2. The fourth-order valence-electron chi connectivity index (χ4n) is 2.98. The Kier molecular flexibility index (Phi) is 4.75. The summed E-state index contributed by atoms with van der Waals surface area (Å²) in [7, 11) is 3.15. The summed E-state index contributed by atoms with van der Waals surface area (Å²) < 4.78 is 12.4. The van der Waals surface area contributed by atoms with E-state index in [2.05, 4.69) is 10.4 Å². The van der Waals surface area contributed by atoms with E-state index in [0.717, 1.165) is 21.6 Å². The van der Waals surface area contributed by atoms with E-state index in [1.165, 1.54) is 11.3 Å². The summed E-state index contributed by atoms with van der Waals surface area (Å²) in [5.74, 6) is 1.04. The zero-order valence-corrected chi connectivity index (χ0v) is 16.5. The second-order valence-electron chi connectivity index (χ2n) is 6.22. The molecule has 0 aliphatic rings. The lowest BCUT2D eigenvalue weighted by Crippen LogP contribution is -2.10. The number of fused-ring (bicyclic) bond motifs is 1. The molecule has 0 saturated heterocycles. The van der Waals surface area contributed by atoms with Gasteiger partial charge in [-0.25, -0.2) is 4.68 Å². The summed E-state index contributed by atoms with van der Waals surface area (Å²) in [5, 5.41) is 8.51. The first-order valence-electron chi connectivity index (χ1n) is 8.68. The van der Waals surface area contributed by atoms with Gasteiger partial charge in [-0.2, -0.15) is 5.10 Å². The molecule has 0 bridgehead atoms. The predicted octanol–water partition coefficient (Wildman–Crippen LogP) is 4.66. The highest BCUT2D eigenvalue weighted by molar-refractivity contribution is 7.20. The first-order chi connectivity index (χ1) is 13.6. The highest BCUT2D eigenvalue weighted by atomic mass is 32.1. The molecule has 1 N–H and O–H groups in total. The number of methoxy groups -OCH3 is 2. The van der Waals surface area contributed by atoms with E-state index in [0.29, 0.717) is 22.1 Å². The van der Waals surface area contributed by atoms with Crippen molar-refractivity contribution in [3.8, 4) is 17.2 Å². The minimum atomic E-state index is -0.185. The molecule has 28 heavy (non-hydrogen) atoms. The molecule has 2 aromatic heterocycles. The van der Waals surface area contributed by atoms with Crippen molar-refractivity contribution in [2.45, 2.75) is 6.92 Å². The van der Waals surface area contributed by atoms with Gasteiger partial charge in [0.2, 0.25) is 0 Å². The van der Waals surface area contributed by atoms with E-state index in [9.17, 15) is 4.79 Å². The van der Waals surface area contributed by atoms with Gasteiger partial charge in [-0.15, -0.1) is 11.3 Å². The van der Waals surface area contributed by atoms with Crippen LogP contribution in [0.15, 0.2) is 54.6 Å². The lowest BCUT2D eigenvalue weighted by Gasteiger charge is -2.09. The van der Waals surface area contributed by atoms with E-state index in [-0.39, 0.29) is 5.91 Å². The van der Waals surface area contributed by atoms with Crippen LogP contribution in [0.2, 0.25) is 0 Å². The maximum Gasteiger partial charge on any atom is 0.265 e. The summed E-state index contributed by atoms with van der Waals surface area (Å²) in [4.78, 5) is 14.4. The average molecular weight is 393 g/mol. The molecule has 1 amide bonds. The molecule has 0 unspecified atom stereocenters. The molecular weight excluding hydrogens is 374 g/mol. The molecule has 7 heteroatoms. The number of hydrogen-bond donors (Lipinski definition) is 1. The number of thiophene rings is 1. The number of aryl methyl sites for hydroxylation is 1. The number of rotatable bonds is 5. The Morgan fingerprint density at radius 2 is 1.71 bits per heavy atom. The zero-order valence-electron chi connectivity index (χ0n) is 15.7. The van der Waals surface area contributed by atoms with Crippen LogP contribution in [0.1, 0.15) is 15.4 Å². The van der Waals surface area contributed by atoms with E-state index in [4.69, 9.17) is 9.47 Å². The first kappa shape index (κ1) is 18.1. The third-order valence-corrected chi connectivity index (χ3v) is 5.49. The number of amides is 1. The third kappa shape index (κ3) is 3.32. The van der Waals surface area contributed by atoms with E-state index >= 15 is 0 Å². The van der Waals surface area contributed by atoms with Crippen LogP contribution in [0.3, 0.4) is 0 Å². The van der Waals surface area contributed by atoms with Gasteiger partial charge in [0.05, 0.1) is 30.5 Å². The van der Waals surface area contributed by atoms with Gasteiger partial charge in [-0.3, -0.25) is 4.79 Å². The van der Waals surface area contributed by atoms with Gasteiger partial charge in [0, 0.05) is 29.3 Å². The predicted molar refractivity (Wildman–Crippen MR) is 111 cm³/mol. The molecule has 4 rings (SSSR count). The Morgan fingerprint density at radius 1 is 1.04 bits per heavy atom. The minimum absolute atomic E-state index is 0.185. The number of anilines is 1. The van der Waals surface area contributed by atoms with Crippen molar-refractivity contribution in [2.75, 3.05) is 19.5 Å². The number of aromatic nitrogens is 2. The number of benzene rings is 2. The molecule has 4 aromatic rings. The highest BCUT2D eigenvalue weighted by Crippen LogP contribution is 2.32. The number of nitrogens with zero attached hydrogens (tertiary/aromatic N) is 2. The van der Waals surface area contributed by atoms with Crippen LogP contribution < -0.4 is 14.8 Å². The topological polar surface area (TPSA) is 65.4 Å². The largest absolute Gasteiger partial charge is 0.497 e. The fraction of sp³-hybridized carbons (Fsp3) is 0.143. The first-order valence-corrected chi connectivity index (χ1v) is 9.49. The van der Waals surface area contributed by atoms with Crippen molar-refractivity contribution in [3.05, 3.63) is 65.2 Å². The summed E-state index contributed by atoms with van der Waals surface area (Å²) in [5.41, 5.74) is 2.46. The molecule has 6 nitrogen and oxygen atoms in total. The van der Waals surface area contributed by atoms with Gasteiger partial charge in [0.25, 0.3) is 5.91 Å². The number of para-hydroxylation sites is 1. The van der Waals surface area contributed by atoms with E-state index < -0.39 is 0 Å². The van der Waals surface area contributed by atoms with E-state index in [1.807, 2.05) is 48.0 Å². The fourth-order valence-corrected chi connectivity index (χ4v) is 4.05. The monoisotopic (exact) mass is 393 g/mol. The summed E-state index contributed by atoms with van der Waals surface area (Å²) in [6.45, 7) is 1.95. The van der Waals surface area contributed by atoms with Crippen LogP contribution in [-0.2, 0) is 0 Å². The Hall–Kier alpha value is -3.32. The van der Waals surface area contributed by atoms with Crippen LogP contribution in [0.5, 0.6) is 11.5 Å². The number of hydrogen-bond acceptors (Lipinski definition) is 5. The van der Waals surface area contributed by atoms with Crippen LogP contribution in [0.25, 0.3) is 15.9 Å². The Balaban J connectivity index is 1.67. The van der Waals surface area contributed by atoms with Crippen molar-refractivity contribution in [1.29, 1.82) is 0 Å². The van der Waals surface area contributed by atoms with Crippen LogP contribution >= 0.6 is 11.3 Å². The summed E-state index contributed by atoms with van der Waals surface area (Å²) >= 11 is 1.41. The number of carbonyl (C=O) groups excluding carboxylic acids is 1. The molecule has 0 radical (unpaired) electrons. The second-order valence-corrected chi connectivity index (χ2v) is 7.25. The number of carbonyl (C=O) groups is 1. The van der Waals surface area contributed by atoms with Crippen molar-refractivity contribution in [1.82, 2.24) is 9.78 Å². The van der Waals surface area contributed by atoms with E-state index in [1.54, 1.807) is 32.4 Å². The highest BCUT2D eigenvalue weighted by Gasteiger charge is 2.17. The average Bonchev–Trinajstić information content (AvgIpc) is 3.29. The van der Waals surface area contributed by atoms with Crippen molar-refractivity contribution in [2.24, 2.45) is 0 Å². The van der Waals surface area contributed by atoms with Crippen molar-refractivity contribution in [3.63, 3.8) is 0 Å².